The number of rotatable bonds is 4. The largest absolute Gasteiger partial charge is 0.466 e. The summed E-state index contributed by atoms with van der Waals surface area (Å²) < 4.78 is 10.7. The van der Waals surface area contributed by atoms with Gasteiger partial charge in [-0.2, -0.15) is 0 Å². The molecular weight excluding hydrogens is 258 g/mol. The summed E-state index contributed by atoms with van der Waals surface area (Å²) >= 11 is 0. The van der Waals surface area contributed by atoms with Gasteiger partial charge < -0.3 is 19.3 Å². The number of aliphatic hydroxyl groups is 1. The van der Waals surface area contributed by atoms with Gasteiger partial charge in [0.1, 0.15) is 28.6 Å². The molecule has 5 heteroatoms. The molecule has 108 valence electrons. The second-order valence-corrected chi connectivity index (χ2v) is 5.19. The normalized spacial score (nSPS) is 14.1. The van der Waals surface area contributed by atoms with Gasteiger partial charge in [-0.25, -0.2) is 0 Å². The number of carbonyl (C=O) groups excluding carboxylic acids is 1. The number of aryl methyl sites for hydroxylation is 3. The first-order valence-corrected chi connectivity index (χ1v) is 6.44. The molecule has 2 N–H and O–H groups in total. The van der Waals surface area contributed by atoms with Crippen molar-refractivity contribution in [3.63, 3.8) is 0 Å². The van der Waals surface area contributed by atoms with Crippen LogP contribution in [0.3, 0.4) is 0 Å². The summed E-state index contributed by atoms with van der Waals surface area (Å²) in [6, 6.07) is 5.15. The Hall–Kier alpha value is -2.01. The van der Waals surface area contributed by atoms with Crippen LogP contribution in [-0.2, 0) is 5.60 Å². The van der Waals surface area contributed by atoms with E-state index >= 15 is 0 Å². The molecule has 0 saturated heterocycles. The van der Waals surface area contributed by atoms with E-state index in [4.69, 9.17) is 8.83 Å². The van der Waals surface area contributed by atoms with Crippen LogP contribution in [0.5, 0.6) is 0 Å². The maximum Gasteiger partial charge on any atom is 0.254 e. The van der Waals surface area contributed by atoms with Gasteiger partial charge >= 0.3 is 0 Å². The second kappa shape index (κ2) is 5.17. The minimum absolute atomic E-state index is 0.0580. The summed E-state index contributed by atoms with van der Waals surface area (Å²) in [6.07, 6.45) is 0. The Morgan fingerprint density at radius 1 is 1.25 bits per heavy atom. The molecule has 0 aromatic carbocycles. The van der Waals surface area contributed by atoms with Crippen molar-refractivity contribution in [3.8, 4) is 0 Å². The number of carbonyl (C=O) groups is 1. The van der Waals surface area contributed by atoms with E-state index in [1.807, 2.05) is 0 Å². The Morgan fingerprint density at radius 3 is 2.45 bits per heavy atom. The Morgan fingerprint density at radius 2 is 1.95 bits per heavy atom. The van der Waals surface area contributed by atoms with Crippen LogP contribution in [0, 0.1) is 20.8 Å². The highest BCUT2D eigenvalue weighted by molar-refractivity contribution is 5.95. The fourth-order valence-corrected chi connectivity index (χ4v) is 2.01. The predicted molar refractivity (Wildman–Crippen MR) is 73.5 cm³/mol. The van der Waals surface area contributed by atoms with Crippen molar-refractivity contribution in [2.24, 2.45) is 0 Å². The summed E-state index contributed by atoms with van der Waals surface area (Å²) in [5, 5.41) is 13.0. The van der Waals surface area contributed by atoms with Crippen molar-refractivity contribution < 1.29 is 18.7 Å². The molecule has 0 aliphatic carbocycles. The zero-order valence-electron chi connectivity index (χ0n) is 12.1. The van der Waals surface area contributed by atoms with Gasteiger partial charge in [0, 0.05) is 0 Å². The molecule has 0 aliphatic heterocycles. The first-order chi connectivity index (χ1) is 9.29. The Kier molecular flexibility index (Phi) is 3.72. The third kappa shape index (κ3) is 2.93. The van der Waals surface area contributed by atoms with Crippen molar-refractivity contribution >= 4 is 5.91 Å². The first-order valence-electron chi connectivity index (χ1n) is 6.44. The van der Waals surface area contributed by atoms with Crippen molar-refractivity contribution in [1.82, 2.24) is 5.32 Å². The van der Waals surface area contributed by atoms with Crippen LogP contribution in [0.1, 0.15) is 40.3 Å². The third-order valence-corrected chi connectivity index (χ3v) is 3.15. The van der Waals surface area contributed by atoms with E-state index in [1.54, 1.807) is 45.9 Å². The quantitative estimate of drug-likeness (QED) is 0.900. The third-order valence-electron chi connectivity index (χ3n) is 3.15. The molecule has 0 bridgehead atoms. The van der Waals surface area contributed by atoms with Gasteiger partial charge in [0.05, 0.1) is 12.1 Å². The Balaban J connectivity index is 2.04. The molecule has 5 nitrogen and oxygen atoms in total. The zero-order valence-corrected chi connectivity index (χ0v) is 12.1. The first kappa shape index (κ1) is 14.4. The van der Waals surface area contributed by atoms with Crippen molar-refractivity contribution in [3.05, 3.63) is 46.8 Å². The fourth-order valence-electron chi connectivity index (χ4n) is 2.01. The Labute approximate surface area is 117 Å². The number of furan rings is 2. The summed E-state index contributed by atoms with van der Waals surface area (Å²) in [5.74, 6) is 2.11. The van der Waals surface area contributed by atoms with Gasteiger partial charge in [-0.05, 0) is 45.9 Å². The summed E-state index contributed by atoms with van der Waals surface area (Å²) in [7, 11) is 0. The molecule has 2 heterocycles. The highest BCUT2D eigenvalue weighted by Crippen LogP contribution is 2.22. The van der Waals surface area contributed by atoms with Gasteiger partial charge in [0.25, 0.3) is 5.91 Å². The lowest BCUT2D eigenvalue weighted by molar-refractivity contribution is 0.0323. The van der Waals surface area contributed by atoms with E-state index in [1.165, 1.54) is 0 Å². The van der Waals surface area contributed by atoms with Gasteiger partial charge in [-0.3, -0.25) is 4.79 Å². The summed E-state index contributed by atoms with van der Waals surface area (Å²) in [5.41, 5.74) is -0.773. The molecule has 0 fully saturated rings. The van der Waals surface area contributed by atoms with Crippen LogP contribution in [0.25, 0.3) is 0 Å². The number of hydrogen-bond acceptors (Lipinski definition) is 4. The molecule has 20 heavy (non-hydrogen) atoms. The van der Waals surface area contributed by atoms with Crippen LogP contribution in [0.2, 0.25) is 0 Å². The number of amides is 1. The minimum atomic E-state index is -1.25. The van der Waals surface area contributed by atoms with Gasteiger partial charge in [-0.1, -0.05) is 0 Å². The summed E-state index contributed by atoms with van der Waals surface area (Å²) in [4.78, 5) is 12.0. The second-order valence-electron chi connectivity index (χ2n) is 5.19. The molecule has 2 aromatic rings. The van der Waals surface area contributed by atoms with Gasteiger partial charge in [-0.15, -0.1) is 0 Å². The van der Waals surface area contributed by atoms with E-state index in [9.17, 15) is 9.90 Å². The molecule has 0 aliphatic rings. The molecule has 2 rings (SSSR count). The van der Waals surface area contributed by atoms with Crippen LogP contribution in [0.15, 0.2) is 27.0 Å². The lowest BCUT2D eigenvalue weighted by atomic mass is 10.0. The molecule has 1 amide bonds. The van der Waals surface area contributed by atoms with E-state index in [-0.39, 0.29) is 12.5 Å². The lowest BCUT2D eigenvalue weighted by Gasteiger charge is -2.21. The van der Waals surface area contributed by atoms with E-state index in [2.05, 4.69) is 5.32 Å². The van der Waals surface area contributed by atoms with E-state index < -0.39 is 5.60 Å². The van der Waals surface area contributed by atoms with Crippen LogP contribution in [-0.4, -0.2) is 17.6 Å². The SMILES string of the molecule is Cc1ccc([C@@](C)(O)CNC(=O)c2cc(C)oc2C)o1. The zero-order chi connectivity index (χ0) is 14.9. The molecule has 1 atom stereocenters. The Bertz CT molecular complexity index is 622. The topological polar surface area (TPSA) is 75.6 Å². The molecule has 2 aromatic heterocycles. The predicted octanol–water partition coefficient (Wildman–Crippen LogP) is 2.44. The molecule has 0 unspecified atom stereocenters. The minimum Gasteiger partial charge on any atom is -0.466 e. The highest BCUT2D eigenvalue weighted by atomic mass is 16.4. The van der Waals surface area contributed by atoms with Crippen molar-refractivity contribution in [1.29, 1.82) is 0 Å². The van der Waals surface area contributed by atoms with E-state index in [0.717, 1.165) is 0 Å². The number of hydrogen-bond donors (Lipinski definition) is 2. The molecule has 0 radical (unpaired) electrons. The highest BCUT2D eigenvalue weighted by Gasteiger charge is 2.28. The maximum atomic E-state index is 12.0. The van der Waals surface area contributed by atoms with Crippen LogP contribution >= 0.6 is 0 Å². The average molecular weight is 277 g/mol. The smallest absolute Gasteiger partial charge is 0.254 e. The van der Waals surface area contributed by atoms with Crippen molar-refractivity contribution in [2.75, 3.05) is 6.54 Å². The van der Waals surface area contributed by atoms with Gasteiger partial charge in [0.15, 0.2) is 0 Å². The molecular formula is C15H19NO4. The fraction of sp³-hybridized carbons (Fsp3) is 0.400. The standard InChI is InChI=1S/C15H19NO4/c1-9-5-6-13(20-9)15(4,18)8-16-14(17)12-7-10(2)19-11(12)3/h5-7,18H,8H2,1-4H3,(H,16,17)/t15-/m0/s1. The molecule has 0 spiro atoms. The van der Waals surface area contributed by atoms with Crippen LogP contribution < -0.4 is 5.32 Å². The van der Waals surface area contributed by atoms with Gasteiger partial charge in [0.2, 0.25) is 0 Å². The van der Waals surface area contributed by atoms with Crippen LogP contribution in [0.4, 0.5) is 0 Å². The monoisotopic (exact) mass is 277 g/mol. The average Bonchev–Trinajstić information content (AvgIpc) is 2.93. The van der Waals surface area contributed by atoms with Crippen molar-refractivity contribution in [2.45, 2.75) is 33.3 Å². The van der Waals surface area contributed by atoms with E-state index in [0.29, 0.717) is 28.6 Å². The summed E-state index contributed by atoms with van der Waals surface area (Å²) in [6.45, 7) is 6.97. The lowest BCUT2D eigenvalue weighted by Crippen LogP contribution is -2.38. The maximum absolute atomic E-state index is 12.0. The number of nitrogens with one attached hydrogen (secondary N) is 1. The molecule has 0 saturated carbocycles.